The van der Waals surface area contributed by atoms with Gasteiger partial charge in [-0.05, 0) is 12.1 Å². The number of nitrogens with two attached hydrogens (primary N) is 1. The highest BCUT2D eigenvalue weighted by Crippen LogP contribution is 2.12. The summed E-state index contributed by atoms with van der Waals surface area (Å²) in [5.41, 5.74) is 5.00. The number of aliphatic hydroxyl groups is 1. The van der Waals surface area contributed by atoms with E-state index in [0.29, 0.717) is 0 Å². The van der Waals surface area contributed by atoms with Crippen LogP contribution in [-0.4, -0.2) is 24.4 Å². The van der Waals surface area contributed by atoms with Crippen LogP contribution in [0.2, 0.25) is 0 Å². The summed E-state index contributed by atoms with van der Waals surface area (Å²) in [6.45, 7) is -0.195. The fourth-order valence-electron chi connectivity index (χ4n) is 1.04. The van der Waals surface area contributed by atoms with Gasteiger partial charge in [-0.25, -0.2) is 8.78 Å². The molecule has 0 heterocycles. The minimum atomic E-state index is -0.806. The van der Waals surface area contributed by atoms with E-state index in [9.17, 15) is 8.78 Å². The summed E-state index contributed by atoms with van der Waals surface area (Å²) in [5.74, 6) is -1.31. The van der Waals surface area contributed by atoms with E-state index < -0.39 is 17.7 Å². The number of aliphatic hydroxyl groups excluding tert-OH is 1. The molecule has 0 aliphatic heterocycles. The van der Waals surface area contributed by atoms with Gasteiger partial charge in [0.05, 0.1) is 19.3 Å². The molecule has 0 aromatic heterocycles. The minimum absolute atomic E-state index is 0.0374. The average Bonchev–Trinajstić information content (AvgIpc) is 2.22. The Labute approximate surface area is 86.5 Å². The molecule has 0 amide bonds. The lowest BCUT2D eigenvalue weighted by Gasteiger charge is -2.09. The molecule has 5 heteroatoms. The van der Waals surface area contributed by atoms with Crippen molar-refractivity contribution < 1.29 is 18.6 Å². The SMILES string of the molecule is NC[C@H](O)COCc1c(F)cccc1F. The van der Waals surface area contributed by atoms with Crippen LogP contribution >= 0.6 is 0 Å². The molecule has 0 saturated heterocycles. The summed E-state index contributed by atoms with van der Waals surface area (Å²) >= 11 is 0. The van der Waals surface area contributed by atoms with Gasteiger partial charge in [0.2, 0.25) is 0 Å². The Hall–Kier alpha value is -1.04. The molecule has 1 atom stereocenters. The van der Waals surface area contributed by atoms with Crippen LogP contribution in [0.1, 0.15) is 5.56 Å². The summed E-state index contributed by atoms with van der Waals surface area (Å²) < 4.78 is 31.0. The van der Waals surface area contributed by atoms with Crippen molar-refractivity contribution in [3.63, 3.8) is 0 Å². The molecule has 0 saturated carbocycles. The van der Waals surface area contributed by atoms with E-state index in [2.05, 4.69) is 0 Å². The smallest absolute Gasteiger partial charge is 0.131 e. The van der Waals surface area contributed by atoms with E-state index in [-0.39, 0.29) is 25.3 Å². The predicted molar refractivity (Wildman–Crippen MR) is 51.1 cm³/mol. The van der Waals surface area contributed by atoms with Crippen molar-refractivity contribution in [1.82, 2.24) is 0 Å². The third-order valence-electron chi connectivity index (χ3n) is 1.89. The monoisotopic (exact) mass is 217 g/mol. The highest BCUT2D eigenvalue weighted by molar-refractivity contribution is 5.18. The molecule has 15 heavy (non-hydrogen) atoms. The third kappa shape index (κ3) is 3.54. The summed E-state index contributed by atoms with van der Waals surface area (Å²) in [4.78, 5) is 0. The summed E-state index contributed by atoms with van der Waals surface area (Å²) in [6, 6.07) is 3.59. The molecule has 0 unspecified atom stereocenters. The van der Waals surface area contributed by atoms with Gasteiger partial charge < -0.3 is 15.6 Å². The van der Waals surface area contributed by atoms with Crippen molar-refractivity contribution in [2.45, 2.75) is 12.7 Å². The fourth-order valence-corrected chi connectivity index (χ4v) is 1.04. The van der Waals surface area contributed by atoms with Gasteiger partial charge >= 0.3 is 0 Å². The first-order valence-corrected chi connectivity index (χ1v) is 4.54. The average molecular weight is 217 g/mol. The van der Waals surface area contributed by atoms with E-state index in [0.717, 1.165) is 12.1 Å². The van der Waals surface area contributed by atoms with Crippen LogP contribution in [0.5, 0.6) is 0 Å². The van der Waals surface area contributed by atoms with Crippen LogP contribution in [0.3, 0.4) is 0 Å². The van der Waals surface area contributed by atoms with Gasteiger partial charge in [-0.15, -0.1) is 0 Å². The van der Waals surface area contributed by atoms with Crippen molar-refractivity contribution in [2.75, 3.05) is 13.2 Å². The Kier molecular flexibility index (Phi) is 4.61. The summed E-state index contributed by atoms with van der Waals surface area (Å²) in [7, 11) is 0. The van der Waals surface area contributed by atoms with E-state index in [1.807, 2.05) is 0 Å². The highest BCUT2D eigenvalue weighted by Gasteiger charge is 2.09. The maximum Gasteiger partial charge on any atom is 0.131 e. The van der Waals surface area contributed by atoms with Crippen molar-refractivity contribution >= 4 is 0 Å². The lowest BCUT2D eigenvalue weighted by Crippen LogP contribution is -2.25. The Morgan fingerprint density at radius 3 is 2.47 bits per heavy atom. The topological polar surface area (TPSA) is 55.5 Å². The van der Waals surface area contributed by atoms with Crippen LogP contribution in [0, 0.1) is 11.6 Å². The van der Waals surface area contributed by atoms with E-state index in [4.69, 9.17) is 15.6 Å². The van der Waals surface area contributed by atoms with Gasteiger partial charge in [0.1, 0.15) is 11.6 Å². The van der Waals surface area contributed by atoms with Gasteiger partial charge in [-0.1, -0.05) is 6.07 Å². The molecule has 3 nitrogen and oxygen atoms in total. The van der Waals surface area contributed by atoms with Gasteiger partial charge in [0.25, 0.3) is 0 Å². The first-order chi connectivity index (χ1) is 7.15. The summed E-state index contributed by atoms with van der Waals surface area (Å²) in [6.07, 6.45) is -0.806. The maximum absolute atomic E-state index is 13.0. The quantitative estimate of drug-likeness (QED) is 0.767. The molecule has 1 aromatic rings. The molecule has 0 fully saturated rings. The zero-order valence-electron chi connectivity index (χ0n) is 8.12. The van der Waals surface area contributed by atoms with Gasteiger partial charge in [-0.2, -0.15) is 0 Å². The Morgan fingerprint density at radius 2 is 1.93 bits per heavy atom. The number of benzene rings is 1. The minimum Gasteiger partial charge on any atom is -0.389 e. The number of hydrogen-bond acceptors (Lipinski definition) is 3. The Morgan fingerprint density at radius 1 is 1.33 bits per heavy atom. The van der Waals surface area contributed by atoms with Crippen molar-refractivity contribution in [3.8, 4) is 0 Å². The van der Waals surface area contributed by atoms with Crippen molar-refractivity contribution in [2.24, 2.45) is 5.73 Å². The Balaban J connectivity index is 2.50. The van der Waals surface area contributed by atoms with E-state index in [1.54, 1.807) is 0 Å². The van der Waals surface area contributed by atoms with E-state index in [1.165, 1.54) is 6.07 Å². The predicted octanol–water partition coefficient (Wildman–Crippen LogP) is 0.801. The number of halogens is 2. The molecule has 0 bridgehead atoms. The number of hydrogen-bond donors (Lipinski definition) is 2. The molecule has 1 aromatic carbocycles. The molecule has 0 aliphatic rings. The molecule has 0 aliphatic carbocycles. The van der Waals surface area contributed by atoms with Crippen LogP contribution < -0.4 is 5.73 Å². The molecular formula is C10H13F2NO2. The van der Waals surface area contributed by atoms with Crippen LogP contribution in [-0.2, 0) is 11.3 Å². The molecule has 1 rings (SSSR count). The van der Waals surface area contributed by atoms with Crippen molar-refractivity contribution in [1.29, 1.82) is 0 Å². The van der Waals surface area contributed by atoms with Crippen LogP contribution in [0.25, 0.3) is 0 Å². The lowest BCUT2D eigenvalue weighted by atomic mass is 10.2. The largest absolute Gasteiger partial charge is 0.389 e. The highest BCUT2D eigenvalue weighted by atomic mass is 19.1. The zero-order valence-corrected chi connectivity index (χ0v) is 8.12. The molecule has 0 spiro atoms. The van der Waals surface area contributed by atoms with Gasteiger partial charge in [0.15, 0.2) is 0 Å². The van der Waals surface area contributed by atoms with Crippen LogP contribution in [0.4, 0.5) is 8.78 Å². The van der Waals surface area contributed by atoms with Crippen molar-refractivity contribution in [3.05, 3.63) is 35.4 Å². The lowest BCUT2D eigenvalue weighted by molar-refractivity contribution is 0.0307. The molecule has 0 radical (unpaired) electrons. The fraction of sp³-hybridized carbons (Fsp3) is 0.400. The number of ether oxygens (including phenoxy) is 1. The van der Waals surface area contributed by atoms with Gasteiger partial charge in [-0.3, -0.25) is 0 Å². The zero-order chi connectivity index (χ0) is 11.3. The second kappa shape index (κ2) is 5.75. The van der Waals surface area contributed by atoms with Gasteiger partial charge in [0, 0.05) is 12.1 Å². The molecule has 3 N–H and O–H groups in total. The number of rotatable bonds is 5. The van der Waals surface area contributed by atoms with Crippen LogP contribution in [0.15, 0.2) is 18.2 Å². The third-order valence-corrected chi connectivity index (χ3v) is 1.89. The molecule has 84 valence electrons. The Bertz CT molecular complexity index is 300. The first-order valence-electron chi connectivity index (χ1n) is 4.54. The standard InChI is InChI=1S/C10H13F2NO2/c11-9-2-1-3-10(12)8(9)6-15-5-7(14)4-13/h1-3,7,14H,4-6,13H2/t7-/m0/s1. The first kappa shape index (κ1) is 12.0. The molecular weight excluding hydrogens is 204 g/mol. The maximum atomic E-state index is 13.0. The summed E-state index contributed by atoms with van der Waals surface area (Å²) in [5, 5.41) is 9.04. The normalized spacial score (nSPS) is 12.8. The van der Waals surface area contributed by atoms with E-state index >= 15 is 0 Å². The second-order valence-corrected chi connectivity index (χ2v) is 3.10. The second-order valence-electron chi connectivity index (χ2n) is 3.10.